The van der Waals surface area contributed by atoms with Crippen LogP contribution >= 0.6 is 23.6 Å². The number of hydrogen-bond donors (Lipinski definition) is 2. The average Bonchev–Trinajstić information content (AvgIpc) is 2.80. The van der Waals surface area contributed by atoms with Crippen LogP contribution in [-0.2, 0) is 10.9 Å². The number of carbonyl (C=O) groups is 1. The number of rotatable bonds is 3. The number of alkyl halides is 3. The van der Waals surface area contributed by atoms with Gasteiger partial charge in [0, 0.05) is 4.88 Å². The fourth-order valence-corrected chi connectivity index (χ4v) is 3.49. The summed E-state index contributed by atoms with van der Waals surface area (Å²) in [5.41, 5.74) is 0.0547. The third kappa shape index (κ3) is 4.29. The highest BCUT2D eigenvalue weighted by molar-refractivity contribution is 7.80. The fraction of sp³-hybridized carbons (Fsp3) is 0.250. The van der Waals surface area contributed by atoms with Crippen LogP contribution in [0.4, 0.5) is 23.9 Å². The summed E-state index contributed by atoms with van der Waals surface area (Å²) in [6.45, 7) is 3.59. The van der Waals surface area contributed by atoms with E-state index in [4.69, 9.17) is 17.0 Å². The number of para-hydroxylation sites is 1. The van der Waals surface area contributed by atoms with E-state index < -0.39 is 17.7 Å². The van der Waals surface area contributed by atoms with E-state index >= 15 is 0 Å². The van der Waals surface area contributed by atoms with E-state index in [1.165, 1.54) is 36.6 Å². The van der Waals surface area contributed by atoms with Gasteiger partial charge in [-0.3, -0.25) is 0 Å². The zero-order valence-electron chi connectivity index (χ0n) is 13.6. The summed E-state index contributed by atoms with van der Waals surface area (Å²) in [5, 5.41) is 5.69. The number of carbonyl (C=O) groups excluding carboxylic acids is 1. The van der Waals surface area contributed by atoms with Gasteiger partial charge in [0.25, 0.3) is 0 Å². The quantitative estimate of drug-likeness (QED) is 0.574. The van der Waals surface area contributed by atoms with Crippen LogP contribution in [0.5, 0.6) is 0 Å². The Labute approximate surface area is 152 Å². The molecule has 0 aliphatic heterocycles. The summed E-state index contributed by atoms with van der Waals surface area (Å²) >= 11 is 6.37. The molecule has 25 heavy (non-hydrogen) atoms. The Kier molecular flexibility index (Phi) is 5.69. The van der Waals surface area contributed by atoms with Crippen molar-refractivity contribution in [1.82, 2.24) is 0 Å². The van der Waals surface area contributed by atoms with Crippen molar-refractivity contribution in [2.45, 2.75) is 20.0 Å². The molecule has 2 rings (SSSR count). The predicted octanol–water partition coefficient (Wildman–Crippen LogP) is 4.98. The molecule has 1 aromatic carbocycles. The highest BCUT2D eigenvalue weighted by Gasteiger charge is 2.33. The van der Waals surface area contributed by atoms with Crippen molar-refractivity contribution in [2.24, 2.45) is 0 Å². The number of halogens is 3. The van der Waals surface area contributed by atoms with E-state index in [9.17, 15) is 18.0 Å². The Morgan fingerprint density at radius 1 is 1.20 bits per heavy atom. The molecule has 0 unspecified atom stereocenters. The zero-order chi connectivity index (χ0) is 18.8. The lowest BCUT2D eigenvalue weighted by atomic mass is 10.1. The van der Waals surface area contributed by atoms with Crippen LogP contribution in [0.1, 0.15) is 26.4 Å². The smallest absolute Gasteiger partial charge is 0.418 e. The summed E-state index contributed by atoms with van der Waals surface area (Å²) in [6.07, 6.45) is -4.51. The molecule has 0 amide bonds. The van der Waals surface area contributed by atoms with Crippen molar-refractivity contribution in [2.75, 3.05) is 17.7 Å². The first-order chi connectivity index (χ1) is 11.6. The normalized spacial score (nSPS) is 11.1. The summed E-state index contributed by atoms with van der Waals surface area (Å²) in [5.74, 6) is -0.539. The molecule has 0 atom stereocenters. The lowest BCUT2D eigenvalue weighted by Crippen LogP contribution is -2.22. The van der Waals surface area contributed by atoms with Crippen molar-refractivity contribution in [3.63, 3.8) is 0 Å². The molecule has 4 nitrogen and oxygen atoms in total. The van der Waals surface area contributed by atoms with Crippen molar-refractivity contribution in [3.8, 4) is 0 Å². The van der Waals surface area contributed by atoms with Crippen LogP contribution in [0.25, 0.3) is 0 Å². The van der Waals surface area contributed by atoms with Gasteiger partial charge in [0.2, 0.25) is 0 Å². The zero-order valence-corrected chi connectivity index (χ0v) is 15.2. The number of methoxy groups -OCH3 is 1. The monoisotopic (exact) mass is 388 g/mol. The number of ether oxygens (including phenoxy) is 1. The average molecular weight is 388 g/mol. The molecule has 0 aliphatic carbocycles. The van der Waals surface area contributed by atoms with Crippen LogP contribution in [-0.4, -0.2) is 18.2 Å². The summed E-state index contributed by atoms with van der Waals surface area (Å²) < 4.78 is 43.9. The summed E-state index contributed by atoms with van der Waals surface area (Å²) in [7, 11) is 1.26. The highest BCUT2D eigenvalue weighted by atomic mass is 32.1. The number of anilines is 2. The number of nitrogens with one attached hydrogen (secondary N) is 2. The van der Waals surface area contributed by atoms with Gasteiger partial charge in [-0.2, -0.15) is 13.2 Å². The van der Waals surface area contributed by atoms with Crippen molar-refractivity contribution in [1.29, 1.82) is 0 Å². The molecule has 0 bridgehead atoms. The minimum atomic E-state index is -4.51. The van der Waals surface area contributed by atoms with Crippen LogP contribution in [0, 0.1) is 13.8 Å². The molecule has 2 aromatic rings. The first kappa shape index (κ1) is 19.2. The Bertz CT molecular complexity index is 816. The molecule has 0 radical (unpaired) electrons. The van der Waals surface area contributed by atoms with E-state index in [0.29, 0.717) is 10.6 Å². The van der Waals surface area contributed by atoms with Gasteiger partial charge in [-0.25, -0.2) is 4.79 Å². The van der Waals surface area contributed by atoms with E-state index in [1.807, 2.05) is 6.92 Å². The van der Waals surface area contributed by atoms with Crippen molar-refractivity contribution >= 4 is 45.3 Å². The third-order valence-corrected chi connectivity index (χ3v) is 4.81. The number of benzene rings is 1. The second-order valence-electron chi connectivity index (χ2n) is 5.10. The van der Waals surface area contributed by atoms with Crippen LogP contribution in [0.15, 0.2) is 24.3 Å². The van der Waals surface area contributed by atoms with Gasteiger partial charge in [0.15, 0.2) is 5.11 Å². The molecule has 9 heteroatoms. The first-order valence-electron chi connectivity index (χ1n) is 7.07. The Morgan fingerprint density at radius 2 is 1.84 bits per heavy atom. The van der Waals surface area contributed by atoms with E-state index in [-0.39, 0.29) is 10.8 Å². The van der Waals surface area contributed by atoms with Crippen LogP contribution in [0.3, 0.4) is 0 Å². The van der Waals surface area contributed by atoms with Crippen molar-refractivity contribution in [3.05, 3.63) is 45.8 Å². The molecule has 0 saturated heterocycles. The molecule has 134 valence electrons. The molecule has 2 N–H and O–H groups in total. The molecule has 0 saturated carbocycles. The van der Waals surface area contributed by atoms with Gasteiger partial charge < -0.3 is 15.4 Å². The number of hydrogen-bond acceptors (Lipinski definition) is 4. The summed E-state index contributed by atoms with van der Waals surface area (Å²) in [6, 6.07) is 5.01. The molecular formula is C16H15F3N2O2S2. The maximum absolute atomic E-state index is 13.0. The first-order valence-corrected chi connectivity index (χ1v) is 8.30. The molecule has 0 fully saturated rings. The minimum Gasteiger partial charge on any atom is -0.465 e. The topological polar surface area (TPSA) is 50.4 Å². The number of esters is 1. The van der Waals surface area contributed by atoms with Gasteiger partial charge in [-0.1, -0.05) is 12.1 Å². The van der Waals surface area contributed by atoms with Gasteiger partial charge in [-0.05, 0) is 43.8 Å². The third-order valence-electron chi connectivity index (χ3n) is 3.48. The summed E-state index contributed by atoms with van der Waals surface area (Å²) in [4.78, 5) is 12.8. The lowest BCUT2D eigenvalue weighted by molar-refractivity contribution is -0.136. The number of thiocarbonyl (C=S) groups is 1. The van der Waals surface area contributed by atoms with Crippen LogP contribution < -0.4 is 10.6 Å². The standard InChI is InChI=1S/C16H15F3N2O2S2/c1-8-9(2)25-13(12(8)14(22)23-3)21-15(24)20-11-7-5-4-6-10(11)16(17,18)19/h4-7H,1-3H3,(H2,20,21,24). The second kappa shape index (κ2) is 7.40. The molecule has 1 aromatic heterocycles. The van der Waals surface area contributed by atoms with Crippen LogP contribution in [0.2, 0.25) is 0 Å². The number of thiophene rings is 1. The molecular weight excluding hydrogens is 373 g/mol. The fourth-order valence-electron chi connectivity index (χ4n) is 2.16. The highest BCUT2D eigenvalue weighted by Crippen LogP contribution is 2.35. The van der Waals surface area contributed by atoms with Gasteiger partial charge in [0.1, 0.15) is 5.00 Å². The predicted molar refractivity (Wildman–Crippen MR) is 96.4 cm³/mol. The Balaban J connectivity index is 2.26. The minimum absolute atomic E-state index is 0.0527. The van der Waals surface area contributed by atoms with Gasteiger partial charge >= 0.3 is 12.1 Å². The van der Waals surface area contributed by atoms with E-state index in [0.717, 1.165) is 16.5 Å². The maximum atomic E-state index is 13.0. The second-order valence-corrected chi connectivity index (χ2v) is 6.73. The largest absolute Gasteiger partial charge is 0.465 e. The number of aryl methyl sites for hydroxylation is 1. The van der Waals surface area contributed by atoms with Gasteiger partial charge in [-0.15, -0.1) is 11.3 Å². The molecule has 1 heterocycles. The Morgan fingerprint density at radius 3 is 2.44 bits per heavy atom. The SMILES string of the molecule is COC(=O)c1c(NC(=S)Nc2ccccc2C(F)(F)F)sc(C)c1C. The Hall–Kier alpha value is -2.13. The van der Waals surface area contributed by atoms with E-state index in [1.54, 1.807) is 6.92 Å². The molecule has 0 spiro atoms. The maximum Gasteiger partial charge on any atom is 0.418 e. The van der Waals surface area contributed by atoms with Gasteiger partial charge in [0.05, 0.1) is 23.9 Å². The lowest BCUT2D eigenvalue weighted by Gasteiger charge is -2.15. The van der Waals surface area contributed by atoms with E-state index in [2.05, 4.69) is 10.6 Å². The molecule has 0 aliphatic rings. The van der Waals surface area contributed by atoms with Crippen molar-refractivity contribution < 1.29 is 22.7 Å².